The number of aliphatic carboxylic acids is 1. The summed E-state index contributed by atoms with van der Waals surface area (Å²) in [5.41, 5.74) is 3.42. The van der Waals surface area contributed by atoms with E-state index in [9.17, 15) is 4.79 Å². The van der Waals surface area contributed by atoms with Crippen LogP contribution in [0.25, 0.3) is 11.1 Å². The molecule has 0 aliphatic heterocycles. The lowest BCUT2D eigenvalue weighted by atomic mass is 10.1. The monoisotopic (exact) mass is 368 g/mol. The summed E-state index contributed by atoms with van der Waals surface area (Å²) in [6, 6.07) is 12.5. The van der Waals surface area contributed by atoms with E-state index in [1.807, 2.05) is 24.0 Å². The van der Waals surface area contributed by atoms with Crippen molar-refractivity contribution in [1.29, 1.82) is 0 Å². The average molecular weight is 369 g/mol. The summed E-state index contributed by atoms with van der Waals surface area (Å²) in [5, 5.41) is 14.2. The number of anilines is 1. The third-order valence-electron chi connectivity index (χ3n) is 5.36. The zero-order valence-corrected chi connectivity index (χ0v) is 15.5. The number of rotatable bonds is 7. The molecule has 1 aromatic carbocycles. The molecule has 0 bridgehead atoms. The number of benzene rings is 1. The Balaban J connectivity index is 1.41. The molecule has 2 atom stereocenters. The van der Waals surface area contributed by atoms with Crippen molar-refractivity contribution in [2.45, 2.75) is 42.4 Å². The van der Waals surface area contributed by atoms with Crippen molar-refractivity contribution in [2.75, 3.05) is 11.9 Å². The summed E-state index contributed by atoms with van der Waals surface area (Å²) < 4.78 is 0. The Morgan fingerprint density at radius 1 is 1.19 bits per heavy atom. The smallest absolute Gasteiger partial charge is 0.306 e. The number of nitrogens with zero attached hydrogens (tertiary/aromatic N) is 1. The van der Waals surface area contributed by atoms with E-state index in [1.165, 1.54) is 36.8 Å². The molecule has 2 aromatic rings. The van der Waals surface area contributed by atoms with Gasteiger partial charge in [-0.2, -0.15) is 0 Å². The van der Waals surface area contributed by atoms with E-state index >= 15 is 0 Å². The summed E-state index contributed by atoms with van der Waals surface area (Å²) in [5.74, 6) is -0.566. The van der Waals surface area contributed by atoms with Gasteiger partial charge in [0.1, 0.15) is 5.03 Å². The van der Waals surface area contributed by atoms with Gasteiger partial charge in [-0.25, -0.2) is 4.98 Å². The zero-order valence-electron chi connectivity index (χ0n) is 14.7. The Morgan fingerprint density at radius 3 is 2.65 bits per heavy atom. The minimum absolute atomic E-state index is 0.160. The van der Waals surface area contributed by atoms with Crippen LogP contribution in [0.3, 0.4) is 0 Å². The molecule has 5 heteroatoms. The highest BCUT2D eigenvalue weighted by molar-refractivity contribution is 8.00. The molecule has 0 radical (unpaired) electrons. The van der Waals surface area contributed by atoms with Crippen molar-refractivity contribution in [3.8, 4) is 11.1 Å². The van der Waals surface area contributed by atoms with Gasteiger partial charge >= 0.3 is 5.97 Å². The summed E-state index contributed by atoms with van der Waals surface area (Å²) in [7, 11) is 0. The normalized spacial score (nSPS) is 22.3. The van der Waals surface area contributed by atoms with Crippen molar-refractivity contribution >= 4 is 23.4 Å². The van der Waals surface area contributed by atoms with Gasteiger partial charge in [0, 0.05) is 29.2 Å². The molecule has 4 nitrogen and oxygen atoms in total. The quantitative estimate of drug-likeness (QED) is 0.726. The topological polar surface area (TPSA) is 62.2 Å². The Morgan fingerprint density at radius 2 is 1.96 bits per heavy atom. The maximum absolute atomic E-state index is 10.9. The molecule has 136 valence electrons. The van der Waals surface area contributed by atoms with Gasteiger partial charge in [-0.1, -0.05) is 31.0 Å². The van der Waals surface area contributed by atoms with E-state index in [1.54, 1.807) is 0 Å². The first-order chi connectivity index (χ1) is 12.7. The predicted octanol–water partition coefficient (Wildman–Crippen LogP) is 4.92. The lowest BCUT2D eigenvalue weighted by Gasteiger charge is -2.13. The van der Waals surface area contributed by atoms with Crippen LogP contribution in [-0.4, -0.2) is 27.9 Å². The first kappa shape index (κ1) is 17.4. The Kier molecular flexibility index (Phi) is 5.16. The van der Waals surface area contributed by atoms with Gasteiger partial charge in [0.15, 0.2) is 0 Å². The van der Waals surface area contributed by atoms with Crippen molar-refractivity contribution in [3.05, 3.63) is 42.6 Å². The molecule has 0 spiro atoms. The predicted molar refractivity (Wildman–Crippen MR) is 106 cm³/mol. The number of carboxylic acids is 1. The fourth-order valence-corrected chi connectivity index (χ4v) is 4.98. The highest BCUT2D eigenvalue weighted by atomic mass is 32.2. The molecular formula is C21H24N2O2S. The molecule has 4 rings (SSSR count). The van der Waals surface area contributed by atoms with Crippen molar-refractivity contribution in [2.24, 2.45) is 11.8 Å². The number of thioether (sulfide) groups is 1. The molecule has 1 heterocycles. The molecule has 2 aliphatic carbocycles. The second kappa shape index (κ2) is 7.70. The second-order valence-corrected chi connectivity index (χ2v) is 8.57. The molecule has 2 N–H and O–H groups in total. The van der Waals surface area contributed by atoms with E-state index in [4.69, 9.17) is 5.11 Å². The van der Waals surface area contributed by atoms with Gasteiger partial charge in [0.25, 0.3) is 0 Å². The van der Waals surface area contributed by atoms with Gasteiger partial charge in [-0.3, -0.25) is 4.79 Å². The maximum atomic E-state index is 10.9. The van der Waals surface area contributed by atoms with E-state index in [0.29, 0.717) is 5.25 Å². The summed E-state index contributed by atoms with van der Waals surface area (Å²) in [4.78, 5) is 15.5. The van der Waals surface area contributed by atoms with Gasteiger partial charge in [-0.15, -0.1) is 11.8 Å². The minimum atomic E-state index is -0.670. The van der Waals surface area contributed by atoms with Crippen LogP contribution >= 0.6 is 11.8 Å². The fourth-order valence-electron chi connectivity index (χ4n) is 3.66. The number of nitrogens with one attached hydrogen (secondary N) is 1. The summed E-state index contributed by atoms with van der Waals surface area (Å²) in [6.07, 6.45) is 7.93. The number of hydrogen-bond acceptors (Lipinski definition) is 4. The second-order valence-electron chi connectivity index (χ2n) is 7.28. The number of hydrogen-bond donors (Lipinski definition) is 2. The van der Waals surface area contributed by atoms with Gasteiger partial charge in [0.2, 0.25) is 0 Å². The van der Waals surface area contributed by atoms with Crippen LogP contribution in [0.1, 0.15) is 32.1 Å². The van der Waals surface area contributed by atoms with Crippen LogP contribution in [0.15, 0.2) is 47.6 Å². The third-order valence-corrected chi connectivity index (χ3v) is 6.71. The minimum Gasteiger partial charge on any atom is -0.481 e. The van der Waals surface area contributed by atoms with Gasteiger partial charge in [0.05, 0.1) is 5.92 Å². The standard InChI is InChI=1S/C21H24N2O2S/c24-21(25)19-12-15(19)13-23-16-9-7-14(8-10-16)18-6-3-11-22-20(18)26-17-4-1-2-5-17/h3,6-11,15,17,19,23H,1-2,4-5,12-13H2,(H,24,25). The molecule has 26 heavy (non-hydrogen) atoms. The van der Waals surface area contributed by atoms with Crippen molar-refractivity contribution < 1.29 is 9.90 Å². The molecule has 0 amide bonds. The number of aromatic nitrogens is 1. The lowest BCUT2D eigenvalue weighted by Crippen LogP contribution is -2.08. The van der Waals surface area contributed by atoms with E-state index in [0.717, 1.165) is 23.7 Å². The average Bonchev–Trinajstić information content (AvgIpc) is 3.28. The van der Waals surface area contributed by atoms with Gasteiger partial charge in [-0.05, 0) is 48.9 Å². The number of carboxylic acid groups (broad SMARTS) is 1. The maximum Gasteiger partial charge on any atom is 0.306 e. The van der Waals surface area contributed by atoms with E-state index in [-0.39, 0.29) is 11.8 Å². The number of pyridine rings is 1. The van der Waals surface area contributed by atoms with E-state index < -0.39 is 5.97 Å². The molecule has 1 aromatic heterocycles. The first-order valence-corrected chi connectivity index (χ1v) is 10.3. The highest BCUT2D eigenvalue weighted by Crippen LogP contribution is 2.39. The van der Waals surface area contributed by atoms with Crippen LogP contribution < -0.4 is 5.32 Å². The third kappa shape index (κ3) is 4.04. The van der Waals surface area contributed by atoms with Crippen molar-refractivity contribution in [1.82, 2.24) is 4.98 Å². The molecule has 2 fully saturated rings. The van der Waals surface area contributed by atoms with Crippen LogP contribution in [0.2, 0.25) is 0 Å². The Bertz CT molecular complexity index is 772. The van der Waals surface area contributed by atoms with Crippen LogP contribution in [0.5, 0.6) is 0 Å². The Labute approximate surface area is 158 Å². The molecular weight excluding hydrogens is 344 g/mol. The molecule has 2 unspecified atom stereocenters. The van der Waals surface area contributed by atoms with Crippen molar-refractivity contribution in [3.63, 3.8) is 0 Å². The highest BCUT2D eigenvalue weighted by Gasteiger charge is 2.42. The first-order valence-electron chi connectivity index (χ1n) is 9.39. The number of carbonyl (C=O) groups is 1. The van der Waals surface area contributed by atoms with E-state index in [2.05, 4.69) is 40.6 Å². The SMILES string of the molecule is O=C(O)C1CC1CNc1ccc(-c2cccnc2SC2CCCC2)cc1. The van der Waals surface area contributed by atoms with Crippen LogP contribution in [-0.2, 0) is 4.79 Å². The zero-order chi connectivity index (χ0) is 17.9. The van der Waals surface area contributed by atoms with Crippen LogP contribution in [0, 0.1) is 11.8 Å². The lowest BCUT2D eigenvalue weighted by molar-refractivity contribution is -0.138. The summed E-state index contributed by atoms with van der Waals surface area (Å²) >= 11 is 1.92. The molecule has 2 saturated carbocycles. The molecule has 2 aliphatic rings. The summed E-state index contributed by atoms with van der Waals surface area (Å²) in [6.45, 7) is 0.728. The largest absolute Gasteiger partial charge is 0.481 e. The fraction of sp³-hybridized carbons (Fsp3) is 0.429. The van der Waals surface area contributed by atoms with Gasteiger partial charge < -0.3 is 10.4 Å². The Hall–Kier alpha value is -2.01. The van der Waals surface area contributed by atoms with Crippen LogP contribution in [0.4, 0.5) is 5.69 Å². The molecule has 0 saturated heterocycles.